The molecule has 0 saturated carbocycles. The highest BCUT2D eigenvalue weighted by atomic mass is 35.5. The van der Waals surface area contributed by atoms with E-state index >= 15 is 0 Å². The molecule has 0 fully saturated rings. The highest BCUT2D eigenvalue weighted by Crippen LogP contribution is 2.35. The molecule has 1 aliphatic rings. The number of thiazole rings is 1. The fraction of sp³-hybridized carbons (Fsp3) is 0.188. The predicted octanol–water partition coefficient (Wildman–Crippen LogP) is 3.69. The Morgan fingerprint density at radius 3 is 2.75 bits per heavy atom. The number of aliphatic imine (C=N–C) groups is 1. The van der Waals surface area contributed by atoms with Crippen molar-refractivity contribution in [3.8, 4) is 0 Å². The number of aliphatic carboxylic acids is 1. The van der Waals surface area contributed by atoms with Gasteiger partial charge in [0.1, 0.15) is 17.6 Å². The maximum absolute atomic E-state index is 13.3. The van der Waals surface area contributed by atoms with E-state index in [-0.39, 0.29) is 10.6 Å². The zero-order chi connectivity index (χ0) is 17.4. The van der Waals surface area contributed by atoms with Crippen LogP contribution in [0.4, 0.5) is 4.39 Å². The molecule has 0 saturated heterocycles. The van der Waals surface area contributed by atoms with Gasteiger partial charge < -0.3 is 10.4 Å². The van der Waals surface area contributed by atoms with Crippen molar-refractivity contribution in [2.45, 2.75) is 19.9 Å². The number of rotatable bonds is 3. The quantitative estimate of drug-likeness (QED) is 0.869. The molecule has 1 unspecified atom stereocenters. The number of carbonyl (C=O) groups is 1. The molecule has 1 aliphatic heterocycles. The van der Waals surface area contributed by atoms with Gasteiger partial charge >= 0.3 is 5.97 Å². The molecule has 2 aromatic rings. The highest BCUT2D eigenvalue weighted by Gasteiger charge is 2.31. The minimum Gasteiger partial charge on any atom is -0.478 e. The average Bonchev–Trinajstić information content (AvgIpc) is 2.92. The van der Waals surface area contributed by atoms with Crippen LogP contribution in [0.1, 0.15) is 29.2 Å². The first-order valence-electron chi connectivity index (χ1n) is 7.03. The molecule has 2 heterocycles. The van der Waals surface area contributed by atoms with Gasteiger partial charge in [-0.3, -0.25) is 4.99 Å². The smallest absolute Gasteiger partial charge is 0.335 e. The number of aryl methyl sites for hydroxylation is 1. The van der Waals surface area contributed by atoms with Gasteiger partial charge in [0, 0.05) is 21.7 Å². The van der Waals surface area contributed by atoms with E-state index in [1.807, 2.05) is 12.3 Å². The number of amidine groups is 1. The van der Waals surface area contributed by atoms with E-state index in [1.165, 1.54) is 23.5 Å². The summed E-state index contributed by atoms with van der Waals surface area (Å²) in [7, 11) is 0. The van der Waals surface area contributed by atoms with Crippen LogP contribution in [0.15, 0.2) is 39.8 Å². The van der Waals surface area contributed by atoms with Crippen LogP contribution in [0.5, 0.6) is 0 Å². The van der Waals surface area contributed by atoms with E-state index in [4.69, 9.17) is 11.6 Å². The van der Waals surface area contributed by atoms with Gasteiger partial charge in [0.15, 0.2) is 5.84 Å². The van der Waals surface area contributed by atoms with E-state index in [0.29, 0.717) is 22.8 Å². The first-order chi connectivity index (χ1) is 11.4. The van der Waals surface area contributed by atoms with E-state index in [1.54, 1.807) is 6.92 Å². The maximum Gasteiger partial charge on any atom is 0.335 e. The Labute approximate surface area is 146 Å². The van der Waals surface area contributed by atoms with Gasteiger partial charge in [-0.1, -0.05) is 17.7 Å². The molecule has 1 atom stereocenters. The molecule has 3 rings (SSSR count). The second kappa shape index (κ2) is 6.33. The van der Waals surface area contributed by atoms with Crippen LogP contribution in [0.25, 0.3) is 0 Å². The van der Waals surface area contributed by atoms with Crippen molar-refractivity contribution in [1.82, 2.24) is 10.3 Å². The normalized spacial score (nSPS) is 17.5. The van der Waals surface area contributed by atoms with Crippen LogP contribution >= 0.6 is 22.9 Å². The molecule has 0 bridgehead atoms. The summed E-state index contributed by atoms with van der Waals surface area (Å²) in [5.41, 5.74) is 1.58. The Morgan fingerprint density at radius 1 is 1.42 bits per heavy atom. The fourth-order valence-electron chi connectivity index (χ4n) is 2.50. The van der Waals surface area contributed by atoms with Gasteiger partial charge in [0.25, 0.3) is 0 Å². The molecule has 1 aromatic carbocycles. The zero-order valence-corrected chi connectivity index (χ0v) is 14.4. The molecule has 0 radical (unpaired) electrons. The number of allylic oxidation sites excluding steroid dienone is 1. The Balaban J connectivity index is 2.14. The van der Waals surface area contributed by atoms with Gasteiger partial charge in [-0.2, -0.15) is 0 Å². The summed E-state index contributed by atoms with van der Waals surface area (Å²) in [6.07, 6.45) is 0. The number of nitrogens with one attached hydrogen (secondary N) is 1. The average molecular weight is 366 g/mol. The molecule has 124 valence electrons. The van der Waals surface area contributed by atoms with Gasteiger partial charge in [-0.05, 0) is 26.0 Å². The molecular weight excluding hydrogens is 353 g/mol. The molecule has 5 nitrogen and oxygen atoms in total. The molecule has 0 aliphatic carbocycles. The maximum atomic E-state index is 13.3. The van der Waals surface area contributed by atoms with Crippen molar-refractivity contribution in [2.24, 2.45) is 4.99 Å². The summed E-state index contributed by atoms with van der Waals surface area (Å²) in [5, 5.41) is 15.4. The first kappa shape index (κ1) is 16.6. The number of aromatic nitrogens is 1. The van der Waals surface area contributed by atoms with Gasteiger partial charge in [0.05, 0.1) is 10.6 Å². The first-order valence-corrected chi connectivity index (χ1v) is 8.29. The van der Waals surface area contributed by atoms with Gasteiger partial charge in [0.2, 0.25) is 0 Å². The number of carboxylic acid groups (broad SMARTS) is 1. The predicted molar refractivity (Wildman–Crippen MR) is 91.0 cm³/mol. The Morgan fingerprint density at radius 2 is 2.17 bits per heavy atom. The van der Waals surface area contributed by atoms with E-state index in [9.17, 15) is 14.3 Å². The molecule has 1 aromatic heterocycles. The van der Waals surface area contributed by atoms with Crippen molar-refractivity contribution < 1.29 is 14.3 Å². The van der Waals surface area contributed by atoms with Crippen LogP contribution in [0.3, 0.4) is 0 Å². The zero-order valence-electron chi connectivity index (χ0n) is 12.8. The Kier molecular flexibility index (Phi) is 4.38. The topological polar surface area (TPSA) is 74.6 Å². The summed E-state index contributed by atoms with van der Waals surface area (Å²) < 4.78 is 13.3. The minimum atomic E-state index is -1.11. The van der Waals surface area contributed by atoms with Gasteiger partial charge in [-0.15, -0.1) is 11.3 Å². The molecule has 2 N–H and O–H groups in total. The van der Waals surface area contributed by atoms with Gasteiger partial charge in [-0.25, -0.2) is 14.2 Å². The summed E-state index contributed by atoms with van der Waals surface area (Å²) in [4.78, 5) is 20.5. The lowest BCUT2D eigenvalue weighted by molar-refractivity contribution is -0.133. The summed E-state index contributed by atoms with van der Waals surface area (Å²) in [5.74, 6) is -1.13. The van der Waals surface area contributed by atoms with Crippen LogP contribution in [0, 0.1) is 12.7 Å². The van der Waals surface area contributed by atoms with E-state index in [2.05, 4.69) is 15.3 Å². The van der Waals surface area contributed by atoms with Crippen molar-refractivity contribution in [1.29, 1.82) is 0 Å². The second-order valence-electron chi connectivity index (χ2n) is 5.27. The largest absolute Gasteiger partial charge is 0.478 e. The van der Waals surface area contributed by atoms with Crippen LogP contribution in [-0.4, -0.2) is 21.9 Å². The fourth-order valence-corrected chi connectivity index (χ4v) is 3.37. The van der Waals surface area contributed by atoms with Crippen molar-refractivity contribution >= 4 is 34.7 Å². The lowest BCUT2D eigenvalue weighted by Crippen LogP contribution is -2.32. The Bertz CT molecular complexity index is 891. The monoisotopic (exact) mass is 365 g/mol. The van der Waals surface area contributed by atoms with Crippen LogP contribution < -0.4 is 5.32 Å². The summed E-state index contributed by atoms with van der Waals surface area (Å²) in [6.45, 7) is 3.53. The second-order valence-corrected chi connectivity index (χ2v) is 6.74. The lowest BCUT2D eigenvalue weighted by Gasteiger charge is -2.25. The van der Waals surface area contributed by atoms with E-state index in [0.717, 1.165) is 11.1 Å². The lowest BCUT2D eigenvalue weighted by atomic mass is 9.96. The van der Waals surface area contributed by atoms with Crippen LogP contribution in [0.2, 0.25) is 5.02 Å². The highest BCUT2D eigenvalue weighted by molar-refractivity contribution is 7.09. The number of halogens is 2. The number of hydrogen-bond donors (Lipinski definition) is 2. The number of hydrogen-bond acceptors (Lipinski definition) is 5. The SMILES string of the molecule is CC1=C(C(=O)O)C(c2ccc(F)cc2Cl)N=C(c2csc(C)n2)N1. The van der Waals surface area contributed by atoms with Crippen LogP contribution in [-0.2, 0) is 4.79 Å². The summed E-state index contributed by atoms with van der Waals surface area (Å²) >= 11 is 7.59. The third-order valence-corrected chi connectivity index (χ3v) is 4.69. The minimum absolute atomic E-state index is 0.0687. The number of benzene rings is 1. The van der Waals surface area contributed by atoms with E-state index < -0.39 is 17.8 Å². The third kappa shape index (κ3) is 3.05. The molecule has 0 spiro atoms. The Hall–Kier alpha value is -2.25. The van der Waals surface area contributed by atoms with Crippen molar-refractivity contribution in [2.75, 3.05) is 0 Å². The third-order valence-electron chi connectivity index (χ3n) is 3.59. The molecule has 8 heteroatoms. The van der Waals surface area contributed by atoms with Crippen molar-refractivity contribution in [3.05, 3.63) is 62.0 Å². The standard InChI is InChI=1S/C16H13ClFN3O2S/c1-7-13(16(22)23)14(10-4-3-9(18)5-11(10)17)21-15(19-7)12-6-24-8(2)20-12/h3-6,14H,1-2H3,(H,19,21)(H,22,23). The molecule has 24 heavy (non-hydrogen) atoms. The number of carboxylic acids is 1. The van der Waals surface area contributed by atoms with Crippen molar-refractivity contribution in [3.63, 3.8) is 0 Å². The molecule has 0 amide bonds. The molecular formula is C16H13ClFN3O2S. The number of nitrogens with zero attached hydrogens (tertiary/aromatic N) is 2. The summed E-state index contributed by atoms with van der Waals surface area (Å²) in [6, 6.07) is 3.00.